The largest absolute Gasteiger partial charge is 0.494 e. The number of carbonyl (C=O) groups is 4. The summed E-state index contributed by atoms with van der Waals surface area (Å²) >= 11 is 1.59. The molecule has 0 aliphatic carbocycles. The van der Waals surface area contributed by atoms with Crippen molar-refractivity contribution in [2.24, 2.45) is 5.41 Å². The van der Waals surface area contributed by atoms with Crippen LogP contribution in [0.25, 0.3) is 21.8 Å². The number of hydrogen-bond donors (Lipinski definition) is 4. The molecule has 2 aromatic carbocycles. The van der Waals surface area contributed by atoms with Gasteiger partial charge in [-0.3, -0.25) is 24.3 Å². The van der Waals surface area contributed by atoms with E-state index in [2.05, 4.69) is 36.1 Å². The molecule has 1 fully saturated rings. The van der Waals surface area contributed by atoms with Crippen molar-refractivity contribution >= 4 is 40.7 Å². The van der Waals surface area contributed by atoms with Crippen molar-refractivity contribution in [3.63, 3.8) is 0 Å². The second-order valence-electron chi connectivity index (χ2n) is 16.0. The van der Waals surface area contributed by atoms with Crippen LogP contribution in [0.1, 0.15) is 81.2 Å². The number of nitrogens with zero attached hydrogens (tertiary/aromatic N) is 4. The first-order valence-corrected chi connectivity index (χ1v) is 21.3. The van der Waals surface area contributed by atoms with Crippen LogP contribution >= 0.6 is 11.3 Å². The van der Waals surface area contributed by atoms with E-state index in [1.54, 1.807) is 64.9 Å². The molecule has 5 aromatic rings. The number of methoxy groups -OCH3 is 1. The lowest BCUT2D eigenvalue weighted by molar-refractivity contribution is -0.144. The third kappa shape index (κ3) is 11.6. The standard InChI is InChI=1S/C45H54N8O7S/c1-28(30-14-16-31(17-15-30)40-29(2)46-27-61-40)48-43(56)37-13-10-22-53(37)44(57)41(45(3,4)5)51-39(54)26-59-23-7-8-24-60-32-18-19-35(38(25-32)58-6)50-42(55)36-12-9-11-33(49-36)34-20-21-47-52-34/h9,11-12,14-21,25,27-28,37,41H,7-8,10,13,22-24,26H2,1-6H3,(H,47,52)(H,48,56)(H,50,55)(H,51,54)/t28-,37-,41+/m0/s1. The number of aromatic amines is 1. The Morgan fingerprint density at radius 2 is 1.79 bits per heavy atom. The summed E-state index contributed by atoms with van der Waals surface area (Å²) in [5.41, 5.74) is 6.24. The number of aromatic nitrogens is 4. The molecule has 1 aliphatic heterocycles. The Labute approximate surface area is 360 Å². The SMILES string of the molecule is COc1cc(OCCCCOCC(=O)N[C@H](C(=O)N2CCC[C@H]2C(=O)N[C@@H](C)c2ccc(-c3scnc3C)cc2)C(C)(C)C)ccc1NC(=O)c1cccc(-c2ccn[nH]2)n1. The molecule has 0 saturated carbocycles. The number of anilines is 1. The van der Waals surface area contributed by atoms with Crippen LogP contribution in [0.4, 0.5) is 5.69 Å². The number of pyridine rings is 1. The van der Waals surface area contributed by atoms with Gasteiger partial charge in [-0.25, -0.2) is 9.97 Å². The quantitative estimate of drug-likeness (QED) is 0.0688. The van der Waals surface area contributed by atoms with E-state index in [-0.39, 0.29) is 30.2 Å². The van der Waals surface area contributed by atoms with Crippen LogP contribution in [0.5, 0.6) is 11.5 Å². The fourth-order valence-corrected chi connectivity index (χ4v) is 7.85. The lowest BCUT2D eigenvalue weighted by Gasteiger charge is -2.35. The molecule has 4 N–H and O–H groups in total. The molecule has 0 radical (unpaired) electrons. The lowest BCUT2D eigenvalue weighted by Crippen LogP contribution is -2.58. The third-order valence-corrected chi connectivity index (χ3v) is 11.4. The van der Waals surface area contributed by atoms with Crippen molar-refractivity contribution in [1.82, 2.24) is 35.7 Å². The monoisotopic (exact) mass is 850 g/mol. The molecule has 1 saturated heterocycles. The van der Waals surface area contributed by atoms with E-state index in [1.165, 1.54) is 7.11 Å². The van der Waals surface area contributed by atoms with Crippen LogP contribution in [0.3, 0.4) is 0 Å². The number of hydrogen-bond acceptors (Lipinski definition) is 11. The van der Waals surface area contributed by atoms with Crippen LogP contribution in [-0.4, -0.2) is 94.3 Å². The number of benzene rings is 2. The number of amides is 4. The second-order valence-corrected chi connectivity index (χ2v) is 16.8. The fraction of sp³-hybridized carbons (Fsp3) is 0.400. The molecule has 3 aromatic heterocycles. The average Bonchev–Trinajstić information content (AvgIpc) is 4.06. The van der Waals surface area contributed by atoms with Gasteiger partial charge >= 0.3 is 0 Å². The number of H-pyrrole nitrogens is 1. The van der Waals surface area contributed by atoms with Gasteiger partial charge in [0.2, 0.25) is 17.7 Å². The van der Waals surface area contributed by atoms with Crippen molar-refractivity contribution in [2.45, 2.75) is 78.4 Å². The van der Waals surface area contributed by atoms with Crippen LogP contribution in [0, 0.1) is 12.3 Å². The zero-order valence-corrected chi connectivity index (χ0v) is 36.3. The van der Waals surface area contributed by atoms with Crippen LogP contribution in [-0.2, 0) is 19.1 Å². The normalized spacial score (nSPS) is 14.9. The minimum absolute atomic E-state index is 0.211. The van der Waals surface area contributed by atoms with Crippen molar-refractivity contribution in [1.29, 1.82) is 0 Å². The molecule has 6 rings (SSSR count). The maximum atomic E-state index is 14.0. The molecule has 0 bridgehead atoms. The number of carbonyl (C=O) groups excluding carboxylic acids is 4. The predicted molar refractivity (Wildman–Crippen MR) is 233 cm³/mol. The van der Waals surface area contributed by atoms with Crippen molar-refractivity contribution in [2.75, 3.05) is 38.8 Å². The Hall–Kier alpha value is -6.13. The van der Waals surface area contributed by atoms with Crippen molar-refractivity contribution in [3.8, 4) is 33.3 Å². The van der Waals surface area contributed by atoms with Gasteiger partial charge in [-0.05, 0) is 86.4 Å². The van der Waals surface area contributed by atoms with E-state index in [4.69, 9.17) is 14.2 Å². The summed E-state index contributed by atoms with van der Waals surface area (Å²) in [7, 11) is 1.51. The summed E-state index contributed by atoms with van der Waals surface area (Å²) < 4.78 is 17.1. The molecule has 322 valence electrons. The molecule has 4 amide bonds. The van der Waals surface area contributed by atoms with E-state index in [1.807, 2.05) is 64.4 Å². The van der Waals surface area contributed by atoms with Crippen molar-refractivity contribution in [3.05, 3.63) is 95.4 Å². The molecule has 3 atom stereocenters. The lowest BCUT2D eigenvalue weighted by atomic mass is 9.85. The summed E-state index contributed by atoms with van der Waals surface area (Å²) in [6, 6.07) is 18.4. The highest BCUT2D eigenvalue weighted by Gasteiger charge is 2.42. The maximum absolute atomic E-state index is 14.0. The minimum atomic E-state index is -0.849. The summed E-state index contributed by atoms with van der Waals surface area (Å²) in [6.45, 7) is 10.5. The van der Waals surface area contributed by atoms with Gasteiger partial charge < -0.3 is 35.1 Å². The van der Waals surface area contributed by atoms with E-state index in [0.717, 1.165) is 21.7 Å². The van der Waals surface area contributed by atoms with Gasteiger partial charge in [-0.15, -0.1) is 11.3 Å². The molecule has 4 heterocycles. The second kappa shape index (κ2) is 20.4. The topological polar surface area (TPSA) is 190 Å². The van der Waals surface area contributed by atoms with E-state index < -0.39 is 29.3 Å². The zero-order chi connectivity index (χ0) is 43.5. The first-order chi connectivity index (χ1) is 29.3. The first-order valence-electron chi connectivity index (χ1n) is 20.4. The predicted octanol–water partition coefficient (Wildman–Crippen LogP) is 6.74. The highest BCUT2D eigenvalue weighted by atomic mass is 32.1. The van der Waals surface area contributed by atoms with Gasteiger partial charge in [0.1, 0.15) is 35.9 Å². The molecule has 15 nitrogen and oxygen atoms in total. The highest BCUT2D eigenvalue weighted by Crippen LogP contribution is 2.31. The number of nitrogens with one attached hydrogen (secondary N) is 4. The number of aryl methyl sites for hydroxylation is 1. The highest BCUT2D eigenvalue weighted by molar-refractivity contribution is 7.13. The van der Waals surface area contributed by atoms with Gasteiger partial charge in [0.25, 0.3) is 5.91 Å². The number of rotatable bonds is 18. The van der Waals surface area contributed by atoms with Crippen LogP contribution in [0.2, 0.25) is 0 Å². The molecule has 61 heavy (non-hydrogen) atoms. The van der Waals surface area contributed by atoms with Gasteiger partial charge in [-0.1, -0.05) is 51.1 Å². The number of ether oxygens (including phenoxy) is 3. The zero-order valence-electron chi connectivity index (χ0n) is 35.4. The number of likely N-dealkylation sites (tertiary alicyclic amines) is 1. The maximum Gasteiger partial charge on any atom is 0.274 e. The smallest absolute Gasteiger partial charge is 0.274 e. The Morgan fingerprint density at radius 1 is 1.00 bits per heavy atom. The van der Waals surface area contributed by atoms with Crippen molar-refractivity contribution < 1.29 is 33.4 Å². The molecule has 0 unspecified atom stereocenters. The summed E-state index contributed by atoms with van der Waals surface area (Å²) in [5.74, 6) is -0.310. The number of thiazole rings is 1. The molecule has 1 aliphatic rings. The van der Waals surface area contributed by atoms with Gasteiger partial charge in [0.15, 0.2) is 0 Å². The summed E-state index contributed by atoms with van der Waals surface area (Å²) in [5, 5.41) is 15.6. The Balaban J connectivity index is 0.917. The average molecular weight is 851 g/mol. The molecular weight excluding hydrogens is 797 g/mol. The number of unbranched alkanes of at least 4 members (excludes halogenated alkanes) is 1. The van der Waals surface area contributed by atoms with Crippen LogP contribution < -0.4 is 25.4 Å². The minimum Gasteiger partial charge on any atom is -0.494 e. The van der Waals surface area contributed by atoms with E-state index >= 15 is 0 Å². The van der Waals surface area contributed by atoms with Gasteiger partial charge in [0, 0.05) is 25.4 Å². The summed E-state index contributed by atoms with van der Waals surface area (Å²) in [6.07, 6.45) is 4.14. The molecular formula is C45H54N8O7S. The summed E-state index contributed by atoms with van der Waals surface area (Å²) in [4.78, 5) is 65.1. The first kappa shape index (κ1) is 44.4. The van der Waals surface area contributed by atoms with E-state index in [0.29, 0.717) is 74.0 Å². The molecule has 0 spiro atoms. The van der Waals surface area contributed by atoms with Gasteiger partial charge in [0.05, 0.1) is 52.9 Å². The Kier molecular flexibility index (Phi) is 14.9. The van der Waals surface area contributed by atoms with Crippen LogP contribution in [0.15, 0.2) is 78.4 Å². The Morgan fingerprint density at radius 3 is 2.49 bits per heavy atom. The third-order valence-electron chi connectivity index (χ3n) is 10.4. The van der Waals surface area contributed by atoms with E-state index in [9.17, 15) is 19.2 Å². The van der Waals surface area contributed by atoms with Gasteiger partial charge in [-0.2, -0.15) is 5.10 Å². The Bertz CT molecular complexity index is 2270. The fourth-order valence-electron chi connectivity index (χ4n) is 7.04. The molecule has 16 heteroatoms.